The molecule has 1 N–H and O–H groups in total. The molecule has 4 rings (SSSR count). The second kappa shape index (κ2) is 10.7. The van der Waals surface area contributed by atoms with Gasteiger partial charge in [0, 0.05) is 22.2 Å². The number of fused-ring (bicyclic) bond motifs is 1. The van der Waals surface area contributed by atoms with Crippen LogP contribution >= 0.6 is 11.6 Å². The van der Waals surface area contributed by atoms with Crippen molar-refractivity contribution in [2.45, 2.75) is 36.3 Å². The molecule has 1 atom stereocenters. The fourth-order valence-corrected chi connectivity index (χ4v) is 6.21. The zero-order chi connectivity index (χ0) is 31.3. The maximum absolute atomic E-state index is 14.5. The fourth-order valence-electron chi connectivity index (χ4n) is 4.48. The Morgan fingerprint density at radius 1 is 0.952 bits per heavy atom. The van der Waals surface area contributed by atoms with Gasteiger partial charge in [-0.2, -0.15) is 4.31 Å². The number of hydrogen-bond donors (Lipinski definition) is 1. The van der Waals surface area contributed by atoms with E-state index in [1.54, 1.807) is 6.07 Å². The lowest BCUT2D eigenvalue weighted by atomic mass is 9.85. The number of hydrogen-bond acceptors (Lipinski definition) is 8. The number of alkyl halides is 3. The third-order valence-corrected chi connectivity index (χ3v) is 8.32. The Hall–Kier alpha value is -4.01. The molecule has 15 heteroatoms. The molecule has 3 aromatic carbocycles. The Morgan fingerprint density at radius 2 is 1.62 bits per heavy atom. The number of rotatable bonds is 9. The molecule has 0 aliphatic carbocycles. The van der Waals surface area contributed by atoms with Gasteiger partial charge in [0.05, 0.1) is 19.9 Å². The predicted molar refractivity (Wildman–Crippen MR) is 142 cm³/mol. The van der Waals surface area contributed by atoms with E-state index in [-0.39, 0.29) is 37.6 Å². The third kappa shape index (κ3) is 5.21. The maximum atomic E-state index is 14.5. The first-order chi connectivity index (χ1) is 19.5. The number of para-hydroxylation sites is 1. The Bertz CT molecular complexity index is 1680. The molecule has 10 nitrogen and oxygen atoms in total. The minimum Gasteiger partial charge on any atom is -0.497 e. The lowest BCUT2D eigenvalue weighted by Crippen LogP contribution is -2.51. The van der Waals surface area contributed by atoms with Crippen LogP contribution in [0.5, 0.6) is 17.2 Å². The fraction of sp³-hybridized carbons (Fsp3) is 0.259. The van der Waals surface area contributed by atoms with E-state index in [4.69, 9.17) is 25.8 Å². The highest BCUT2D eigenvalue weighted by Gasteiger charge is 2.61. The molecule has 0 radical (unpaired) electrons. The highest BCUT2D eigenvalue weighted by atomic mass is 35.5. The molecule has 1 amide bonds. The number of methoxy groups -OCH3 is 2. The highest BCUT2D eigenvalue weighted by molar-refractivity contribution is 7.93. The van der Waals surface area contributed by atoms with Crippen LogP contribution in [-0.2, 0) is 30.0 Å². The van der Waals surface area contributed by atoms with Gasteiger partial charge >= 0.3 is 12.3 Å². The van der Waals surface area contributed by atoms with Crippen LogP contribution < -0.4 is 18.5 Å². The number of halogens is 4. The summed E-state index contributed by atoms with van der Waals surface area (Å²) in [6, 6.07) is 12.0. The first-order valence-corrected chi connectivity index (χ1v) is 13.7. The minimum atomic E-state index is -5.31. The van der Waals surface area contributed by atoms with Crippen molar-refractivity contribution in [3.8, 4) is 17.2 Å². The van der Waals surface area contributed by atoms with Crippen molar-refractivity contribution < 1.29 is 55.2 Å². The van der Waals surface area contributed by atoms with Gasteiger partial charge in [0.25, 0.3) is 15.9 Å². The van der Waals surface area contributed by atoms with Gasteiger partial charge in [0.15, 0.2) is 11.4 Å². The molecule has 3 aromatic rings. The number of aliphatic carboxylic acids is 1. The lowest BCUT2D eigenvalue weighted by Gasteiger charge is -2.36. The maximum Gasteiger partial charge on any atom is 0.573 e. The number of sulfonamides is 1. The molecule has 224 valence electrons. The van der Waals surface area contributed by atoms with Gasteiger partial charge in [-0.15, -0.1) is 13.2 Å². The molecule has 1 aliphatic heterocycles. The number of anilines is 1. The van der Waals surface area contributed by atoms with Crippen molar-refractivity contribution in [2.24, 2.45) is 0 Å². The molecule has 0 saturated carbocycles. The minimum absolute atomic E-state index is 0.0161. The van der Waals surface area contributed by atoms with Gasteiger partial charge in [-0.3, -0.25) is 4.79 Å². The van der Waals surface area contributed by atoms with Crippen LogP contribution in [0.3, 0.4) is 0 Å². The van der Waals surface area contributed by atoms with E-state index in [9.17, 15) is 36.3 Å². The van der Waals surface area contributed by atoms with Crippen molar-refractivity contribution in [2.75, 3.05) is 18.5 Å². The number of carboxylic acids is 1. The molecule has 0 saturated heterocycles. The normalized spacial score (nSPS) is 17.1. The van der Waals surface area contributed by atoms with Gasteiger partial charge in [0.2, 0.25) is 5.60 Å². The summed E-state index contributed by atoms with van der Waals surface area (Å²) in [5, 5.41) is 9.93. The van der Waals surface area contributed by atoms with Crippen molar-refractivity contribution in [1.82, 2.24) is 0 Å². The molecule has 0 spiro atoms. The van der Waals surface area contributed by atoms with E-state index in [1.807, 2.05) is 0 Å². The van der Waals surface area contributed by atoms with Gasteiger partial charge < -0.3 is 24.1 Å². The van der Waals surface area contributed by atoms with Crippen LogP contribution in [0.1, 0.15) is 25.0 Å². The number of ether oxygens (including phenoxy) is 4. The molecular formula is C27H23ClF3NO9S. The summed E-state index contributed by atoms with van der Waals surface area (Å²) in [5.41, 5.74) is -5.28. The second-order valence-electron chi connectivity index (χ2n) is 9.40. The quantitative estimate of drug-likeness (QED) is 0.343. The van der Waals surface area contributed by atoms with Crippen LogP contribution in [0.15, 0.2) is 65.6 Å². The molecule has 1 heterocycles. The van der Waals surface area contributed by atoms with Gasteiger partial charge in [-0.05, 0) is 50.2 Å². The van der Waals surface area contributed by atoms with E-state index in [2.05, 4.69) is 4.74 Å². The van der Waals surface area contributed by atoms with Gasteiger partial charge in [-0.1, -0.05) is 29.8 Å². The summed E-state index contributed by atoms with van der Waals surface area (Å²) in [6.07, 6.45) is -5.31. The molecule has 42 heavy (non-hydrogen) atoms. The monoisotopic (exact) mass is 629 g/mol. The van der Waals surface area contributed by atoms with Gasteiger partial charge in [0.1, 0.15) is 16.4 Å². The number of nitrogens with zero attached hydrogens (tertiary/aromatic N) is 1. The Balaban J connectivity index is 2.08. The highest BCUT2D eigenvalue weighted by Crippen LogP contribution is 2.54. The van der Waals surface area contributed by atoms with E-state index in [0.29, 0.717) is 6.07 Å². The summed E-state index contributed by atoms with van der Waals surface area (Å²) in [6.45, 7) is 2.28. The Labute approximate surface area is 243 Å². The summed E-state index contributed by atoms with van der Waals surface area (Å²) in [4.78, 5) is 25.7. The zero-order valence-electron chi connectivity index (χ0n) is 22.4. The summed E-state index contributed by atoms with van der Waals surface area (Å²) in [5.74, 6) is -4.20. The van der Waals surface area contributed by atoms with Crippen LogP contribution in [0.25, 0.3) is 0 Å². The standard InChI is InChI=1S/C27H23ClF3NO9S/c1-25(2,24(34)35)41-26(17-7-5-6-8-20(17)39-4)18-13-15(28)9-11-19(18)32(23(26)33)42(36,37)22-12-10-16(38-3)14-21(22)40-27(29,30)31/h5-14H,1-4H3,(H,34,35). The number of amides is 1. The Kier molecular flexibility index (Phi) is 7.86. The van der Waals surface area contributed by atoms with E-state index < -0.39 is 50.1 Å². The van der Waals surface area contributed by atoms with Crippen LogP contribution in [0, 0.1) is 0 Å². The number of carbonyl (C=O) groups excluding carboxylic acids is 1. The van der Waals surface area contributed by atoms with Gasteiger partial charge in [-0.25, -0.2) is 13.2 Å². The predicted octanol–water partition coefficient (Wildman–Crippen LogP) is 5.11. The summed E-state index contributed by atoms with van der Waals surface area (Å²) in [7, 11) is -2.81. The SMILES string of the molecule is COc1ccc(S(=O)(=O)N2C(=O)C(OC(C)(C)C(=O)O)(c3ccccc3OC)c3cc(Cl)ccc32)c(OC(F)(F)F)c1. The molecule has 1 unspecified atom stereocenters. The van der Waals surface area contributed by atoms with Crippen molar-refractivity contribution in [3.05, 3.63) is 76.8 Å². The number of carbonyl (C=O) groups is 2. The van der Waals surface area contributed by atoms with E-state index >= 15 is 0 Å². The van der Waals surface area contributed by atoms with E-state index in [0.717, 1.165) is 39.2 Å². The third-order valence-electron chi connectivity index (χ3n) is 6.35. The smallest absolute Gasteiger partial charge is 0.497 e. The lowest BCUT2D eigenvalue weighted by molar-refractivity contribution is -0.275. The first-order valence-electron chi connectivity index (χ1n) is 11.9. The van der Waals surface area contributed by atoms with Crippen LogP contribution in [0.2, 0.25) is 5.02 Å². The average molecular weight is 630 g/mol. The summed E-state index contributed by atoms with van der Waals surface area (Å²) < 4.78 is 88.9. The first kappa shape index (κ1) is 30.9. The molecular weight excluding hydrogens is 607 g/mol. The average Bonchev–Trinajstić information content (AvgIpc) is 3.15. The molecule has 0 bridgehead atoms. The van der Waals surface area contributed by atoms with Crippen molar-refractivity contribution in [1.29, 1.82) is 0 Å². The molecule has 0 aromatic heterocycles. The van der Waals surface area contributed by atoms with Crippen LogP contribution in [-0.4, -0.2) is 51.6 Å². The van der Waals surface area contributed by atoms with Crippen molar-refractivity contribution in [3.63, 3.8) is 0 Å². The van der Waals surface area contributed by atoms with Crippen molar-refractivity contribution >= 4 is 39.2 Å². The largest absolute Gasteiger partial charge is 0.573 e. The van der Waals surface area contributed by atoms with E-state index in [1.165, 1.54) is 37.4 Å². The van der Waals surface area contributed by atoms with Crippen LogP contribution in [0.4, 0.5) is 18.9 Å². The number of carboxylic acid groups (broad SMARTS) is 1. The molecule has 1 aliphatic rings. The molecule has 0 fully saturated rings. The zero-order valence-corrected chi connectivity index (χ0v) is 23.9. The number of benzene rings is 3. The Morgan fingerprint density at radius 3 is 2.21 bits per heavy atom. The second-order valence-corrected chi connectivity index (χ2v) is 11.6. The topological polar surface area (TPSA) is 129 Å². The summed E-state index contributed by atoms with van der Waals surface area (Å²) >= 11 is 6.26.